The number of piperazine rings is 1. The Labute approximate surface area is 150 Å². The summed E-state index contributed by atoms with van der Waals surface area (Å²) in [6, 6.07) is 6.19. The fraction of sp³-hybridized carbons (Fsp3) is 0.667. The smallest absolute Gasteiger partial charge is 0.0825 e. The lowest BCUT2D eigenvalue weighted by Crippen LogP contribution is -2.47. The second-order valence-electron chi connectivity index (χ2n) is 6.85. The highest BCUT2D eigenvalue weighted by atomic mass is 35.5. The summed E-state index contributed by atoms with van der Waals surface area (Å²) >= 11 is 12.4. The van der Waals surface area contributed by atoms with Gasteiger partial charge in [0.15, 0.2) is 0 Å². The van der Waals surface area contributed by atoms with E-state index in [0.29, 0.717) is 16.1 Å². The molecule has 130 valence electrons. The largest absolute Gasteiger partial charge is 0.368 e. The lowest BCUT2D eigenvalue weighted by Gasteiger charge is -2.37. The van der Waals surface area contributed by atoms with Gasteiger partial charge >= 0.3 is 0 Å². The highest BCUT2D eigenvalue weighted by Gasteiger charge is 2.20. The van der Waals surface area contributed by atoms with Crippen molar-refractivity contribution in [2.45, 2.75) is 39.2 Å². The van der Waals surface area contributed by atoms with E-state index in [0.717, 1.165) is 44.2 Å². The topological polar surface area (TPSA) is 32.5 Å². The van der Waals surface area contributed by atoms with Crippen LogP contribution in [-0.2, 0) is 0 Å². The Hall–Kier alpha value is -0.480. The number of benzene rings is 1. The van der Waals surface area contributed by atoms with E-state index in [1.807, 2.05) is 12.1 Å². The number of nitrogens with zero attached hydrogens (tertiary/aromatic N) is 2. The zero-order chi connectivity index (χ0) is 16.8. The van der Waals surface area contributed by atoms with Gasteiger partial charge in [0.05, 0.1) is 15.7 Å². The molecule has 1 aromatic carbocycles. The summed E-state index contributed by atoms with van der Waals surface area (Å²) in [5, 5.41) is 1.31. The molecule has 1 aromatic rings. The minimum atomic E-state index is 0.323. The fourth-order valence-electron chi connectivity index (χ4n) is 3.04. The van der Waals surface area contributed by atoms with Crippen LogP contribution in [0.2, 0.25) is 10.0 Å². The molecule has 0 amide bonds. The van der Waals surface area contributed by atoms with Crippen molar-refractivity contribution < 1.29 is 0 Å². The summed E-state index contributed by atoms with van der Waals surface area (Å²) in [5.74, 6) is 0.751. The first-order chi connectivity index (χ1) is 11.0. The van der Waals surface area contributed by atoms with Gasteiger partial charge in [-0.05, 0) is 50.8 Å². The molecule has 3 nitrogen and oxygen atoms in total. The number of hydrogen-bond donors (Lipinski definition) is 1. The van der Waals surface area contributed by atoms with Gasteiger partial charge in [0.2, 0.25) is 0 Å². The van der Waals surface area contributed by atoms with Crippen molar-refractivity contribution in [3.63, 3.8) is 0 Å². The Morgan fingerprint density at radius 2 is 1.74 bits per heavy atom. The van der Waals surface area contributed by atoms with Crippen molar-refractivity contribution in [2.75, 3.05) is 37.6 Å². The highest BCUT2D eigenvalue weighted by molar-refractivity contribution is 6.43. The first-order valence-electron chi connectivity index (χ1n) is 8.64. The van der Waals surface area contributed by atoms with Crippen LogP contribution in [0.5, 0.6) is 0 Å². The summed E-state index contributed by atoms with van der Waals surface area (Å²) in [7, 11) is 0. The van der Waals surface area contributed by atoms with Crippen LogP contribution in [0.3, 0.4) is 0 Å². The van der Waals surface area contributed by atoms with Crippen molar-refractivity contribution in [2.24, 2.45) is 11.7 Å². The zero-order valence-electron chi connectivity index (χ0n) is 14.3. The minimum Gasteiger partial charge on any atom is -0.368 e. The quantitative estimate of drug-likeness (QED) is 0.790. The Kier molecular flexibility index (Phi) is 7.48. The van der Waals surface area contributed by atoms with Crippen LogP contribution in [-0.4, -0.2) is 43.7 Å². The molecule has 0 aromatic heterocycles. The first-order valence-corrected chi connectivity index (χ1v) is 9.40. The maximum absolute atomic E-state index is 6.33. The van der Waals surface area contributed by atoms with Gasteiger partial charge in [0.25, 0.3) is 0 Å². The third-order valence-electron chi connectivity index (χ3n) is 4.70. The van der Waals surface area contributed by atoms with Gasteiger partial charge in [-0.15, -0.1) is 0 Å². The first kappa shape index (κ1) is 18.9. The van der Waals surface area contributed by atoms with Gasteiger partial charge in [-0.1, -0.05) is 36.2 Å². The van der Waals surface area contributed by atoms with E-state index in [1.165, 1.54) is 19.4 Å². The molecule has 1 heterocycles. The van der Waals surface area contributed by atoms with Gasteiger partial charge < -0.3 is 10.6 Å². The second kappa shape index (κ2) is 9.12. The van der Waals surface area contributed by atoms with Gasteiger partial charge in [-0.25, -0.2) is 0 Å². The Balaban J connectivity index is 1.75. The lowest BCUT2D eigenvalue weighted by atomic mass is 9.99. The van der Waals surface area contributed by atoms with E-state index in [9.17, 15) is 0 Å². The molecule has 1 aliphatic heterocycles. The Morgan fingerprint density at radius 3 is 2.39 bits per heavy atom. The predicted octanol–water partition coefficient (Wildman–Crippen LogP) is 4.27. The van der Waals surface area contributed by atoms with E-state index in [1.54, 1.807) is 0 Å². The van der Waals surface area contributed by atoms with Crippen molar-refractivity contribution >= 4 is 28.9 Å². The fourth-order valence-corrected chi connectivity index (χ4v) is 3.46. The maximum atomic E-state index is 6.33. The predicted molar refractivity (Wildman–Crippen MR) is 102 cm³/mol. The highest BCUT2D eigenvalue weighted by Crippen LogP contribution is 2.32. The molecule has 1 aliphatic rings. The molecule has 1 saturated heterocycles. The molecule has 1 fully saturated rings. The third kappa shape index (κ3) is 5.82. The van der Waals surface area contributed by atoms with E-state index in [-0.39, 0.29) is 0 Å². The zero-order valence-corrected chi connectivity index (χ0v) is 15.8. The molecule has 2 atom stereocenters. The number of anilines is 1. The molecule has 23 heavy (non-hydrogen) atoms. The second-order valence-corrected chi connectivity index (χ2v) is 7.64. The van der Waals surface area contributed by atoms with Gasteiger partial charge in [0.1, 0.15) is 0 Å². The molecule has 2 unspecified atom stereocenters. The number of nitrogens with two attached hydrogens (primary N) is 1. The van der Waals surface area contributed by atoms with Crippen molar-refractivity contribution in [3.05, 3.63) is 28.2 Å². The van der Waals surface area contributed by atoms with Crippen LogP contribution in [0, 0.1) is 5.92 Å². The number of rotatable bonds is 7. The summed E-state index contributed by atoms with van der Waals surface area (Å²) in [6.07, 6.45) is 3.61. The Morgan fingerprint density at radius 1 is 1.04 bits per heavy atom. The molecular weight excluding hydrogens is 329 g/mol. The lowest BCUT2D eigenvalue weighted by molar-refractivity contribution is 0.237. The normalized spacial score (nSPS) is 18.9. The van der Waals surface area contributed by atoms with Crippen LogP contribution in [0.1, 0.15) is 33.1 Å². The molecule has 2 N–H and O–H groups in total. The van der Waals surface area contributed by atoms with Crippen molar-refractivity contribution in [1.29, 1.82) is 0 Å². The average Bonchev–Trinajstić information content (AvgIpc) is 2.54. The van der Waals surface area contributed by atoms with E-state index < -0.39 is 0 Å². The molecule has 0 aliphatic carbocycles. The van der Waals surface area contributed by atoms with Gasteiger partial charge in [0, 0.05) is 32.2 Å². The maximum Gasteiger partial charge on any atom is 0.0825 e. The van der Waals surface area contributed by atoms with Crippen LogP contribution in [0.25, 0.3) is 0 Å². The third-order valence-corrected chi connectivity index (χ3v) is 5.51. The van der Waals surface area contributed by atoms with Gasteiger partial charge in [-0.2, -0.15) is 0 Å². The number of hydrogen-bond acceptors (Lipinski definition) is 3. The van der Waals surface area contributed by atoms with Crippen molar-refractivity contribution in [3.8, 4) is 0 Å². The molecular formula is C18H29Cl2N3. The summed E-state index contributed by atoms with van der Waals surface area (Å²) in [4.78, 5) is 4.89. The van der Waals surface area contributed by atoms with Crippen LogP contribution < -0.4 is 10.6 Å². The average molecular weight is 358 g/mol. The van der Waals surface area contributed by atoms with E-state index >= 15 is 0 Å². The Bertz CT molecular complexity index is 485. The molecule has 2 rings (SSSR count). The van der Waals surface area contributed by atoms with E-state index in [2.05, 4.69) is 29.7 Å². The monoisotopic (exact) mass is 357 g/mol. The molecule has 0 spiro atoms. The summed E-state index contributed by atoms with van der Waals surface area (Å²) in [6.45, 7) is 9.79. The van der Waals surface area contributed by atoms with Crippen LogP contribution in [0.15, 0.2) is 18.2 Å². The SMILES string of the molecule is CC(N)CCC(C)CCN1CCN(c2cccc(Cl)c2Cl)CC1. The van der Waals surface area contributed by atoms with Crippen LogP contribution >= 0.6 is 23.2 Å². The summed E-state index contributed by atoms with van der Waals surface area (Å²) < 4.78 is 0. The summed E-state index contributed by atoms with van der Waals surface area (Å²) in [5.41, 5.74) is 6.90. The van der Waals surface area contributed by atoms with Crippen molar-refractivity contribution in [1.82, 2.24) is 4.90 Å². The molecule has 0 saturated carbocycles. The molecule has 5 heteroatoms. The van der Waals surface area contributed by atoms with E-state index in [4.69, 9.17) is 28.9 Å². The van der Waals surface area contributed by atoms with Gasteiger partial charge in [-0.3, -0.25) is 4.90 Å². The van der Waals surface area contributed by atoms with Crippen LogP contribution in [0.4, 0.5) is 5.69 Å². The number of halogens is 2. The standard InChI is InChI=1S/C18H29Cl2N3/c1-14(6-7-15(2)21)8-9-22-10-12-23(13-11-22)17-5-3-4-16(19)18(17)20/h3-5,14-15H,6-13,21H2,1-2H3. The minimum absolute atomic E-state index is 0.323. The molecule has 0 bridgehead atoms. The molecule has 0 radical (unpaired) electrons.